The van der Waals surface area contributed by atoms with Crippen LogP contribution in [0.2, 0.25) is 5.28 Å². The molecule has 114 valence electrons. The second-order valence-corrected chi connectivity index (χ2v) is 6.13. The van der Waals surface area contributed by atoms with E-state index >= 15 is 0 Å². The van der Waals surface area contributed by atoms with Crippen molar-refractivity contribution in [3.8, 4) is 11.1 Å². The van der Waals surface area contributed by atoms with Crippen molar-refractivity contribution < 1.29 is 4.79 Å². The number of carbonyl (C=O) groups excluding carboxylic acids is 1. The van der Waals surface area contributed by atoms with Crippen LogP contribution in [0.1, 0.15) is 38.3 Å². The molecule has 1 fully saturated rings. The van der Waals surface area contributed by atoms with Gasteiger partial charge in [0.1, 0.15) is 0 Å². The molecule has 22 heavy (non-hydrogen) atoms. The highest BCUT2D eigenvalue weighted by molar-refractivity contribution is 6.28. The molecule has 1 saturated heterocycles. The second-order valence-electron chi connectivity index (χ2n) is 5.79. The molecule has 1 aromatic carbocycles. The maximum absolute atomic E-state index is 11.8. The van der Waals surface area contributed by atoms with Gasteiger partial charge in [-0.2, -0.15) is 0 Å². The van der Waals surface area contributed by atoms with Crippen molar-refractivity contribution in [1.82, 2.24) is 9.97 Å². The quantitative estimate of drug-likeness (QED) is 0.803. The molecular weight excluding hydrogens is 298 g/mol. The molecule has 0 N–H and O–H groups in total. The zero-order chi connectivity index (χ0) is 15.7. The van der Waals surface area contributed by atoms with Gasteiger partial charge in [-0.25, -0.2) is 9.97 Å². The molecule has 2 aromatic rings. The third kappa shape index (κ3) is 2.83. The maximum Gasteiger partial charge on any atom is 0.227 e. The van der Waals surface area contributed by atoms with Crippen LogP contribution < -0.4 is 4.90 Å². The van der Waals surface area contributed by atoms with E-state index in [0.29, 0.717) is 6.42 Å². The minimum atomic E-state index is 0.199. The molecule has 1 aromatic heterocycles. The van der Waals surface area contributed by atoms with Gasteiger partial charge in [0, 0.05) is 30.4 Å². The van der Waals surface area contributed by atoms with Crippen LogP contribution in [-0.2, 0) is 4.79 Å². The van der Waals surface area contributed by atoms with E-state index in [0.717, 1.165) is 35.5 Å². The molecule has 2 heterocycles. The highest BCUT2D eigenvalue weighted by atomic mass is 35.5. The maximum atomic E-state index is 11.8. The normalized spacial score (nSPS) is 14.9. The third-order valence-corrected chi connectivity index (χ3v) is 4.08. The summed E-state index contributed by atoms with van der Waals surface area (Å²) < 4.78 is 0. The van der Waals surface area contributed by atoms with Gasteiger partial charge in [0.05, 0.1) is 5.69 Å². The fourth-order valence-corrected chi connectivity index (χ4v) is 2.92. The lowest BCUT2D eigenvalue weighted by atomic mass is 9.99. The summed E-state index contributed by atoms with van der Waals surface area (Å²) in [5, 5.41) is 0.270. The third-order valence-electron chi connectivity index (χ3n) is 3.90. The highest BCUT2D eigenvalue weighted by Gasteiger charge is 2.21. The van der Waals surface area contributed by atoms with Gasteiger partial charge in [0.15, 0.2) is 0 Å². The number of nitrogens with zero attached hydrogens (tertiary/aromatic N) is 3. The molecule has 4 nitrogen and oxygen atoms in total. The summed E-state index contributed by atoms with van der Waals surface area (Å²) in [6, 6.07) is 7.99. The second kappa shape index (κ2) is 6.05. The summed E-state index contributed by atoms with van der Waals surface area (Å²) >= 11 is 5.91. The first-order valence-electron chi connectivity index (χ1n) is 7.49. The number of hydrogen-bond acceptors (Lipinski definition) is 3. The summed E-state index contributed by atoms with van der Waals surface area (Å²) in [7, 11) is 0. The van der Waals surface area contributed by atoms with Gasteiger partial charge in [-0.3, -0.25) is 4.79 Å². The number of hydrogen-bond donors (Lipinski definition) is 0. The predicted octanol–water partition coefficient (Wildman–Crippen LogP) is 4.05. The SMILES string of the molecule is CC(C)c1nc(Cl)ncc1-c1ccc(N2CCCC2=O)cc1. The van der Waals surface area contributed by atoms with Crippen LogP contribution in [0, 0.1) is 0 Å². The van der Waals surface area contributed by atoms with E-state index in [2.05, 4.69) is 23.8 Å². The summed E-state index contributed by atoms with van der Waals surface area (Å²) in [6.45, 7) is 4.97. The summed E-state index contributed by atoms with van der Waals surface area (Å²) in [4.78, 5) is 22.1. The van der Waals surface area contributed by atoms with Crippen molar-refractivity contribution in [1.29, 1.82) is 0 Å². The van der Waals surface area contributed by atoms with E-state index in [1.807, 2.05) is 29.2 Å². The number of halogens is 1. The zero-order valence-electron chi connectivity index (χ0n) is 12.7. The summed E-state index contributed by atoms with van der Waals surface area (Å²) in [6.07, 6.45) is 3.34. The topological polar surface area (TPSA) is 46.1 Å². The van der Waals surface area contributed by atoms with Gasteiger partial charge in [-0.05, 0) is 41.6 Å². The van der Waals surface area contributed by atoms with Crippen LogP contribution in [0.3, 0.4) is 0 Å². The van der Waals surface area contributed by atoms with Crippen molar-refractivity contribution in [2.24, 2.45) is 0 Å². The highest BCUT2D eigenvalue weighted by Crippen LogP contribution is 2.30. The van der Waals surface area contributed by atoms with E-state index in [-0.39, 0.29) is 17.1 Å². The fraction of sp³-hybridized carbons (Fsp3) is 0.353. The molecule has 0 bridgehead atoms. The molecule has 0 atom stereocenters. The predicted molar refractivity (Wildman–Crippen MR) is 88.2 cm³/mol. The molecule has 0 unspecified atom stereocenters. The van der Waals surface area contributed by atoms with Crippen molar-refractivity contribution in [2.75, 3.05) is 11.4 Å². The molecular formula is C17H18ClN3O. The average Bonchev–Trinajstić information content (AvgIpc) is 2.93. The number of aromatic nitrogens is 2. The number of rotatable bonds is 3. The first kappa shape index (κ1) is 15.0. The number of carbonyl (C=O) groups is 1. The first-order chi connectivity index (χ1) is 10.6. The lowest BCUT2D eigenvalue weighted by molar-refractivity contribution is -0.117. The molecule has 1 amide bonds. The number of benzene rings is 1. The Bertz CT molecular complexity index is 698. The molecule has 0 radical (unpaired) electrons. The van der Waals surface area contributed by atoms with E-state index in [4.69, 9.17) is 11.6 Å². The fourth-order valence-electron chi connectivity index (χ4n) is 2.78. The Hall–Kier alpha value is -1.94. The minimum absolute atomic E-state index is 0.199. The average molecular weight is 316 g/mol. The van der Waals surface area contributed by atoms with Gasteiger partial charge in [0.25, 0.3) is 0 Å². The van der Waals surface area contributed by atoms with E-state index in [1.165, 1.54) is 0 Å². The Morgan fingerprint density at radius 2 is 1.95 bits per heavy atom. The van der Waals surface area contributed by atoms with E-state index in [1.54, 1.807) is 6.20 Å². The van der Waals surface area contributed by atoms with Gasteiger partial charge in [0.2, 0.25) is 11.2 Å². The minimum Gasteiger partial charge on any atom is -0.312 e. The largest absolute Gasteiger partial charge is 0.312 e. The Labute approximate surface area is 135 Å². The molecule has 1 aliphatic heterocycles. The van der Waals surface area contributed by atoms with Crippen LogP contribution >= 0.6 is 11.6 Å². The smallest absolute Gasteiger partial charge is 0.227 e. The van der Waals surface area contributed by atoms with Crippen LogP contribution in [0.15, 0.2) is 30.5 Å². The number of amides is 1. The Kier molecular flexibility index (Phi) is 4.12. The standard InChI is InChI=1S/C17H18ClN3O/c1-11(2)16-14(10-19-17(18)20-16)12-5-7-13(8-6-12)21-9-3-4-15(21)22/h5-8,10-11H,3-4,9H2,1-2H3. The molecule has 0 saturated carbocycles. The van der Waals surface area contributed by atoms with Gasteiger partial charge in [-0.1, -0.05) is 26.0 Å². The van der Waals surface area contributed by atoms with Crippen molar-refractivity contribution in [3.63, 3.8) is 0 Å². The molecule has 5 heteroatoms. The van der Waals surface area contributed by atoms with Crippen LogP contribution in [-0.4, -0.2) is 22.4 Å². The molecule has 0 aliphatic carbocycles. The molecule has 3 rings (SSSR count). The monoisotopic (exact) mass is 315 g/mol. The Morgan fingerprint density at radius 3 is 2.55 bits per heavy atom. The lowest BCUT2D eigenvalue weighted by Crippen LogP contribution is -2.23. The zero-order valence-corrected chi connectivity index (χ0v) is 13.5. The Morgan fingerprint density at radius 1 is 1.23 bits per heavy atom. The molecule has 1 aliphatic rings. The van der Waals surface area contributed by atoms with Crippen molar-refractivity contribution in [3.05, 3.63) is 41.4 Å². The van der Waals surface area contributed by atoms with E-state index < -0.39 is 0 Å². The van der Waals surface area contributed by atoms with Crippen molar-refractivity contribution in [2.45, 2.75) is 32.6 Å². The molecule has 0 spiro atoms. The number of anilines is 1. The van der Waals surface area contributed by atoms with Crippen molar-refractivity contribution >= 4 is 23.2 Å². The van der Waals surface area contributed by atoms with E-state index in [9.17, 15) is 4.79 Å². The summed E-state index contributed by atoms with van der Waals surface area (Å²) in [5.74, 6) is 0.459. The van der Waals surface area contributed by atoms with Crippen LogP contribution in [0.25, 0.3) is 11.1 Å². The van der Waals surface area contributed by atoms with Gasteiger partial charge >= 0.3 is 0 Å². The van der Waals surface area contributed by atoms with Crippen LogP contribution in [0.4, 0.5) is 5.69 Å². The summed E-state index contributed by atoms with van der Waals surface area (Å²) in [5.41, 5.74) is 3.91. The van der Waals surface area contributed by atoms with Crippen LogP contribution in [0.5, 0.6) is 0 Å². The van der Waals surface area contributed by atoms with Gasteiger partial charge < -0.3 is 4.90 Å². The first-order valence-corrected chi connectivity index (χ1v) is 7.87. The lowest BCUT2D eigenvalue weighted by Gasteiger charge is -2.17. The van der Waals surface area contributed by atoms with Gasteiger partial charge in [-0.15, -0.1) is 0 Å². The Balaban J connectivity index is 1.95.